The summed E-state index contributed by atoms with van der Waals surface area (Å²) >= 11 is 0. The number of carbonyl (C=O) groups is 2. The molecule has 2 aromatic rings. The Morgan fingerprint density at radius 2 is 2.14 bits per heavy atom. The lowest BCUT2D eigenvalue weighted by Gasteiger charge is -2.20. The monoisotopic (exact) mass is 302 g/mol. The third-order valence-corrected chi connectivity index (χ3v) is 3.46. The summed E-state index contributed by atoms with van der Waals surface area (Å²) in [5.41, 5.74) is 0.614. The van der Waals surface area contributed by atoms with Gasteiger partial charge in [0, 0.05) is 13.1 Å². The first-order chi connectivity index (χ1) is 10.5. The van der Waals surface area contributed by atoms with E-state index < -0.39 is 12.3 Å². The van der Waals surface area contributed by atoms with Gasteiger partial charge in [-0.1, -0.05) is 12.1 Å². The summed E-state index contributed by atoms with van der Waals surface area (Å²) in [7, 11) is 1.61. The van der Waals surface area contributed by atoms with E-state index in [1.807, 2.05) is 6.07 Å². The molecule has 0 bridgehead atoms. The third-order valence-electron chi connectivity index (χ3n) is 3.46. The van der Waals surface area contributed by atoms with E-state index in [9.17, 15) is 14.4 Å². The van der Waals surface area contributed by atoms with Gasteiger partial charge >= 0.3 is 6.16 Å². The van der Waals surface area contributed by atoms with Crippen molar-refractivity contribution < 1.29 is 19.1 Å². The molecule has 0 saturated carbocycles. The van der Waals surface area contributed by atoms with E-state index in [-0.39, 0.29) is 24.6 Å². The van der Waals surface area contributed by atoms with Crippen molar-refractivity contribution in [3.63, 3.8) is 0 Å². The van der Waals surface area contributed by atoms with Crippen LogP contribution in [0.15, 0.2) is 35.1 Å². The van der Waals surface area contributed by atoms with Gasteiger partial charge < -0.3 is 19.4 Å². The number of fused-ring (bicyclic) bond motifs is 1. The van der Waals surface area contributed by atoms with Crippen LogP contribution in [0.4, 0.5) is 4.79 Å². The minimum absolute atomic E-state index is 0.128. The van der Waals surface area contributed by atoms with E-state index in [2.05, 4.69) is 4.98 Å². The average molecular weight is 302 g/mol. The van der Waals surface area contributed by atoms with Gasteiger partial charge in [0.15, 0.2) is 6.10 Å². The number of ether oxygens (including phenoxy) is 2. The van der Waals surface area contributed by atoms with Gasteiger partial charge in [-0.2, -0.15) is 0 Å². The summed E-state index contributed by atoms with van der Waals surface area (Å²) in [6.45, 7) is 0.348. The van der Waals surface area contributed by atoms with Crippen LogP contribution in [-0.2, 0) is 9.47 Å². The normalized spacial score (nSPS) is 17.1. The minimum atomic E-state index is -0.722. The molecule has 3 rings (SSSR count). The van der Waals surface area contributed by atoms with Crippen molar-refractivity contribution in [2.75, 3.05) is 20.2 Å². The highest BCUT2D eigenvalue weighted by molar-refractivity contribution is 6.05. The first kappa shape index (κ1) is 14.1. The molecule has 1 N–H and O–H groups in total. The molecule has 1 saturated heterocycles. The van der Waals surface area contributed by atoms with Crippen molar-refractivity contribution in [3.8, 4) is 0 Å². The second-order valence-corrected chi connectivity index (χ2v) is 5.08. The van der Waals surface area contributed by atoms with E-state index in [0.717, 1.165) is 5.39 Å². The van der Waals surface area contributed by atoms with Crippen LogP contribution in [0, 0.1) is 0 Å². The van der Waals surface area contributed by atoms with Gasteiger partial charge in [0.1, 0.15) is 6.61 Å². The van der Waals surface area contributed by atoms with Gasteiger partial charge in [0.05, 0.1) is 17.6 Å². The number of carbonyl (C=O) groups excluding carboxylic acids is 2. The zero-order valence-electron chi connectivity index (χ0n) is 11.9. The summed E-state index contributed by atoms with van der Waals surface area (Å²) < 4.78 is 9.60. The lowest BCUT2D eigenvalue weighted by atomic mass is 10.1. The van der Waals surface area contributed by atoms with Gasteiger partial charge in [-0.05, 0) is 17.5 Å². The number of rotatable bonds is 3. The zero-order chi connectivity index (χ0) is 15.7. The predicted molar refractivity (Wildman–Crippen MR) is 77.8 cm³/mol. The van der Waals surface area contributed by atoms with Crippen molar-refractivity contribution in [2.45, 2.75) is 6.10 Å². The summed E-state index contributed by atoms with van der Waals surface area (Å²) in [5.74, 6) is -0.268. The maximum Gasteiger partial charge on any atom is 0.508 e. The first-order valence-corrected chi connectivity index (χ1v) is 6.75. The Labute approximate surface area is 125 Å². The highest BCUT2D eigenvalue weighted by Gasteiger charge is 2.28. The summed E-state index contributed by atoms with van der Waals surface area (Å²) in [4.78, 5) is 39.1. The van der Waals surface area contributed by atoms with Crippen LogP contribution in [0.2, 0.25) is 0 Å². The highest BCUT2D eigenvalue weighted by atomic mass is 16.8. The van der Waals surface area contributed by atoms with E-state index in [1.54, 1.807) is 25.2 Å². The van der Waals surface area contributed by atoms with Crippen molar-refractivity contribution in [2.24, 2.45) is 0 Å². The molecule has 1 aromatic heterocycles. The number of pyridine rings is 1. The van der Waals surface area contributed by atoms with Crippen LogP contribution in [-0.4, -0.2) is 48.2 Å². The van der Waals surface area contributed by atoms with Gasteiger partial charge in [-0.25, -0.2) is 4.79 Å². The highest BCUT2D eigenvalue weighted by Crippen LogP contribution is 2.17. The van der Waals surface area contributed by atoms with Crippen molar-refractivity contribution in [3.05, 3.63) is 46.2 Å². The molecule has 1 aliphatic heterocycles. The number of likely N-dealkylation sites (N-methyl/N-ethyl adjacent to an activating group) is 1. The molecule has 0 radical (unpaired) electrons. The van der Waals surface area contributed by atoms with Crippen LogP contribution in [0.25, 0.3) is 10.9 Å². The average Bonchev–Trinajstić information content (AvgIpc) is 2.91. The van der Waals surface area contributed by atoms with Gasteiger partial charge in [-0.15, -0.1) is 0 Å². The van der Waals surface area contributed by atoms with Crippen LogP contribution < -0.4 is 5.56 Å². The lowest BCUT2D eigenvalue weighted by Crippen LogP contribution is -2.35. The number of amides is 1. The van der Waals surface area contributed by atoms with Gasteiger partial charge in [-0.3, -0.25) is 9.59 Å². The number of nitrogens with zero attached hydrogens (tertiary/aromatic N) is 1. The molecule has 1 atom stereocenters. The van der Waals surface area contributed by atoms with Crippen LogP contribution in [0.3, 0.4) is 0 Å². The van der Waals surface area contributed by atoms with Crippen molar-refractivity contribution >= 4 is 23.0 Å². The second-order valence-electron chi connectivity index (χ2n) is 5.08. The Morgan fingerprint density at radius 3 is 2.86 bits per heavy atom. The SMILES string of the molecule is CN(CC1COC(=O)O1)C(=O)c1cccc2ccc(=O)[nH]c12. The Kier molecular flexibility index (Phi) is 3.54. The topological polar surface area (TPSA) is 88.7 Å². The number of aromatic nitrogens is 1. The van der Waals surface area contributed by atoms with Crippen LogP contribution in [0.1, 0.15) is 10.4 Å². The number of hydrogen-bond donors (Lipinski definition) is 1. The molecule has 1 aromatic carbocycles. The van der Waals surface area contributed by atoms with E-state index >= 15 is 0 Å². The quantitative estimate of drug-likeness (QED) is 0.859. The standard InChI is InChI=1S/C15H14N2O5/c1-17(7-10-8-21-15(20)22-10)14(19)11-4-2-3-9-5-6-12(18)16-13(9)11/h2-6,10H,7-8H2,1H3,(H,16,18). The number of para-hydroxylation sites is 1. The minimum Gasteiger partial charge on any atom is -0.430 e. The second kappa shape index (κ2) is 5.51. The number of benzene rings is 1. The Balaban J connectivity index is 1.86. The third kappa shape index (κ3) is 2.65. The molecule has 0 aliphatic carbocycles. The lowest BCUT2D eigenvalue weighted by molar-refractivity contribution is 0.0694. The number of nitrogens with one attached hydrogen (secondary N) is 1. The molecule has 1 aliphatic rings. The van der Waals surface area contributed by atoms with E-state index in [4.69, 9.17) is 9.47 Å². The smallest absolute Gasteiger partial charge is 0.430 e. The van der Waals surface area contributed by atoms with Crippen LogP contribution in [0.5, 0.6) is 0 Å². The van der Waals surface area contributed by atoms with Gasteiger partial charge in [0.25, 0.3) is 5.91 Å². The molecule has 7 heteroatoms. The van der Waals surface area contributed by atoms with E-state index in [0.29, 0.717) is 11.1 Å². The fraction of sp³-hybridized carbons (Fsp3) is 0.267. The molecule has 0 spiro atoms. The van der Waals surface area contributed by atoms with Crippen molar-refractivity contribution in [1.29, 1.82) is 0 Å². The predicted octanol–water partition coefficient (Wildman–Crippen LogP) is 1.14. The summed E-state index contributed by atoms with van der Waals surface area (Å²) in [6, 6.07) is 8.29. The Hall–Kier alpha value is -2.83. The van der Waals surface area contributed by atoms with E-state index in [1.165, 1.54) is 11.0 Å². The largest absolute Gasteiger partial charge is 0.508 e. The molecule has 1 unspecified atom stereocenters. The zero-order valence-corrected chi connectivity index (χ0v) is 11.9. The molecule has 1 fully saturated rings. The molecule has 114 valence electrons. The number of hydrogen-bond acceptors (Lipinski definition) is 5. The molecule has 22 heavy (non-hydrogen) atoms. The van der Waals surface area contributed by atoms with Gasteiger partial charge in [0.2, 0.25) is 5.56 Å². The fourth-order valence-corrected chi connectivity index (χ4v) is 2.41. The maximum absolute atomic E-state index is 12.6. The number of H-pyrrole nitrogens is 1. The molecule has 7 nitrogen and oxygen atoms in total. The molecule has 1 amide bonds. The number of cyclic esters (lactones) is 2. The Bertz CT molecular complexity index is 798. The summed E-state index contributed by atoms with van der Waals surface area (Å²) in [6.07, 6.45) is -1.20. The molecular formula is C15H14N2O5. The first-order valence-electron chi connectivity index (χ1n) is 6.75. The maximum atomic E-state index is 12.6. The molecule has 2 heterocycles. The van der Waals surface area contributed by atoms with Crippen LogP contribution >= 0.6 is 0 Å². The fourth-order valence-electron chi connectivity index (χ4n) is 2.41. The Morgan fingerprint density at radius 1 is 1.32 bits per heavy atom. The number of aromatic amines is 1. The van der Waals surface area contributed by atoms with Crippen molar-refractivity contribution in [1.82, 2.24) is 9.88 Å². The summed E-state index contributed by atoms with van der Waals surface area (Å²) in [5, 5.41) is 0.773. The molecular weight excluding hydrogens is 288 g/mol.